The molecule has 0 spiro atoms. The molecule has 1 saturated heterocycles. The molecule has 2 aromatic rings. The first kappa shape index (κ1) is 31.3. The normalized spacial score (nSPS) is 18.2. The van der Waals surface area contributed by atoms with Crippen molar-refractivity contribution in [1.29, 1.82) is 0 Å². The fourth-order valence-corrected chi connectivity index (χ4v) is 5.65. The molecule has 0 saturated carbocycles. The molecular formula is C27H38N4O8S. The van der Waals surface area contributed by atoms with Crippen LogP contribution in [0.3, 0.4) is 0 Å². The van der Waals surface area contributed by atoms with Gasteiger partial charge in [-0.2, -0.15) is 0 Å². The highest BCUT2D eigenvalue weighted by molar-refractivity contribution is 7.15. The molecule has 2 aliphatic heterocycles. The lowest BCUT2D eigenvalue weighted by atomic mass is 10.2. The third-order valence-electron chi connectivity index (χ3n) is 6.75. The van der Waals surface area contributed by atoms with Gasteiger partial charge in [0.2, 0.25) is 0 Å². The molecule has 1 aromatic carbocycles. The Balaban J connectivity index is 0.000000378. The molecule has 2 amide bonds. The summed E-state index contributed by atoms with van der Waals surface area (Å²) in [5, 5.41) is 36.4. The molecule has 1 unspecified atom stereocenters. The van der Waals surface area contributed by atoms with Crippen LogP contribution >= 0.6 is 11.3 Å². The van der Waals surface area contributed by atoms with Gasteiger partial charge in [0.1, 0.15) is 10.8 Å². The number of amides is 2. The molecule has 0 radical (unpaired) electrons. The van der Waals surface area contributed by atoms with Crippen LogP contribution < -0.4 is 15.0 Å². The van der Waals surface area contributed by atoms with Crippen molar-refractivity contribution in [1.82, 2.24) is 15.2 Å². The van der Waals surface area contributed by atoms with Crippen LogP contribution in [-0.4, -0.2) is 99.3 Å². The van der Waals surface area contributed by atoms with Crippen molar-refractivity contribution >= 4 is 35.1 Å². The molecule has 12 nitrogen and oxygen atoms in total. The second-order valence-electron chi connectivity index (χ2n) is 9.68. The molecule has 40 heavy (non-hydrogen) atoms. The summed E-state index contributed by atoms with van der Waals surface area (Å²) in [6.07, 6.45) is 1.14. The number of thiazole rings is 1. The summed E-state index contributed by atoms with van der Waals surface area (Å²) in [6.45, 7) is 8.70. The molecule has 1 fully saturated rings. The van der Waals surface area contributed by atoms with Gasteiger partial charge in [0.15, 0.2) is 18.0 Å². The van der Waals surface area contributed by atoms with Gasteiger partial charge >= 0.3 is 18.0 Å². The Kier molecular flexibility index (Phi) is 11.7. The van der Waals surface area contributed by atoms with Crippen molar-refractivity contribution in [2.75, 3.05) is 37.7 Å². The highest BCUT2D eigenvalue weighted by Gasteiger charge is 2.29. The van der Waals surface area contributed by atoms with E-state index in [-0.39, 0.29) is 6.03 Å². The van der Waals surface area contributed by atoms with E-state index in [1.54, 1.807) is 16.2 Å². The van der Waals surface area contributed by atoms with Crippen LogP contribution in [0.5, 0.6) is 5.75 Å². The summed E-state index contributed by atoms with van der Waals surface area (Å²) in [4.78, 5) is 42.2. The van der Waals surface area contributed by atoms with Gasteiger partial charge in [-0.3, -0.25) is 4.90 Å². The zero-order chi connectivity index (χ0) is 29.2. The van der Waals surface area contributed by atoms with Crippen molar-refractivity contribution in [3.8, 4) is 16.3 Å². The largest absolute Gasteiger partial charge is 0.494 e. The fourth-order valence-electron chi connectivity index (χ4n) is 4.54. The first-order valence-electron chi connectivity index (χ1n) is 13.5. The van der Waals surface area contributed by atoms with E-state index in [1.807, 2.05) is 19.1 Å². The number of carbonyl (C=O) groups is 3. The minimum atomic E-state index is -2.27. The maximum atomic E-state index is 12.3. The van der Waals surface area contributed by atoms with Crippen molar-refractivity contribution < 1.29 is 39.5 Å². The van der Waals surface area contributed by atoms with Crippen LogP contribution in [0.1, 0.15) is 44.4 Å². The van der Waals surface area contributed by atoms with E-state index in [4.69, 9.17) is 30.1 Å². The number of hydrogen-bond donors (Lipinski definition) is 5. The SMILES string of the molecule is CCNC(=O)N1CCCc2sc(-c3ccc(OCCCN4CCCC4C)cc3)nc21.O=C(O)[C@H](O)[C@@H](O)C(=O)O. The number of carboxylic acids is 2. The minimum Gasteiger partial charge on any atom is -0.494 e. The Bertz CT molecular complexity index is 1120. The number of benzene rings is 1. The summed E-state index contributed by atoms with van der Waals surface area (Å²) in [7, 11) is 0. The van der Waals surface area contributed by atoms with E-state index in [0.717, 1.165) is 67.1 Å². The maximum Gasteiger partial charge on any atom is 0.335 e. The first-order chi connectivity index (χ1) is 19.1. The molecular weight excluding hydrogens is 540 g/mol. The maximum absolute atomic E-state index is 12.3. The van der Waals surface area contributed by atoms with E-state index in [0.29, 0.717) is 6.54 Å². The number of aliphatic hydroxyl groups is 2. The van der Waals surface area contributed by atoms with Gasteiger partial charge in [-0.05, 0) is 76.8 Å². The number of hydrogen-bond acceptors (Lipinski definition) is 9. The smallest absolute Gasteiger partial charge is 0.335 e. The van der Waals surface area contributed by atoms with Crippen LogP contribution in [0.25, 0.3) is 10.6 Å². The predicted molar refractivity (Wildman–Crippen MR) is 150 cm³/mol. The van der Waals surface area contributed by atoms with Gasteiger partial charge in [0.25, 0.3) is 0 Å². The predicted octanol–water partition coefficient (Wildman–Crippen LogP) is 2.42. The zero-order valence-corrected chi connectivity index (χ0v) is 23.6. The molecule has 1 aromatic heterocycles. The van der Waals surface area contributed by atoms with E-state index in [9.17, 15) is 14.4 Å². The lowest BCUT2D eigenvalue weighted by Crippen LogP contribution is -2.42. The van der Waals surface area contributed by atoms with Gasteiger partial charge in [0.05, 0.1) is 6.61 Å². The molecule has 13 heteroatoms. The molecule has 3 heterocycles. The number of aryl methyl sites for hydroxylation is 1. The van der Waals surface area contributed by atoms with E-state index in [2.05, 4.69) is 29.3 Å². The van der Waals surface area contributed by atoms with E-state index >= 15 is 0 Å². The number of likely N-dealkylation sites (tertiary alicyclic amines) is 1. The number of anilines is 1. The second-order valence-corrected chi connectivity index (χ2v) is 10.8. The number of aliphatic hydroxyl groups excluding tert-OH is 2. The summed E-state index contributed by atoms with van der Waals surface area (Å²) < 4.78 is 5.94. The van der Waals surface area contributed by atoms with Gasteiger partial charge in [-0.25, -0.2) is 19.4 Å². The molecule has 0 bridgehead atoms. The lowest BCUT2D eigenvalue weighted by Gasteiger charge is -2.25. The average molecular weight is 579 g/mol. The lowest BCUT2D eigenvalue weighted by molar-refractivity contribution is -0.165. The highest BCUT2D eigenvalue weighted by atomic mass is 32.1. The van der Waals surface area contributed by atoms with Crippen molar-refractivity contribution in [2.24, 2.45) is 0 Å². The monoisotopic (exact) mass is 578 g/mol. The number of aromatic nitrogens is 1. The van der Waals surface area contributed by atoms with Crippen molar-refractivity contribution in [2.45, 2.75) is 64.2 Å². The topological polar surface area (TPSA) is 173 Å². The number of carbonyl (C=O) groups excluding carboxylic acids is 1. The standard InChI is InChI=1S/C23H32N4O2S.C4H6O6/c1-3-24-23(28)27-15-5-8-20-21(27)25-22(30-20)18-9-11-19(12-10-18)29-16-6-14-26-13-4-7-17(26)2;5-1(3(7)8)2(6)4(9)10/h9-12,17H,3-8,13-16H2,1-2H3,(H,24,28);1-2,5-6H,(H,7,8)(H,9,10)/t;1-,2-/m.1/s1. The Labute approximate surface area is 237 Å². The van der Waals surface area contributed by atoms with Gasteiger partial charge < -0.3 is 35.4 Å². The van der Waals surface area contributed by atoms with Gasteiger partial charge in [-0.15, -0.1) is 11.3 Å². The van der Waals surface area contributed by atoms with E-state index in [1.165, 1.54) is 24.3 Å². The number of aliphatic carboxylic acids is 2. The quantitative estimate of drug-likeness (QED) is 0.264. The minimum absolute atomic E-state index is 0.0534. The van der Waals surface area contributed by atoms with Gasteiger partial charge in [-0.1, -0.05) is 0 Å². The Hall–Kier alpha value is -3.26. The van der Waals surface area contributed by atoms with Crippen LogP contribution in [-0.2, 0) is 16.0 Å². The molecule has 3 atom stereocenters. The van der Waals surface area contributed by atoms with Crippen LogP contribution in [0.2, 0.25) is 0 Å². The second kappa shape index (κ2) is 14.9. The Morgan fingerprint density at radius 3 is 2.35 bits per heavy atom. The first-order valence-corrected chi connectivity index (χ1v) is 14.3. The number of carboxylic acid groups (broad SMARTS) is 2. The molecule has 4 rings (SSSR count). The van der Waals surface area contributed by atoms with E-state index < -0.39 is 24.1 Å². The summed E-state index contributed by atoms with van der Waals surface area (Å²) in [5.41, 5.74) is 1.07. The Morgan fingerprint density at radius 1 is 1.10 bits per heavy atom. The van der Waals surface area contributed by atoms with Gasteiger partial charge in [0, 0.05) is 36.1 Å². The van der Waals surface area contributed by atoms with Crippen LogP contribution in [0.4, 0.5) is 10.6 Å². The van der Waals surface area contributed by atoms with Crippen LogP contribution in [0.15, 0.2) is 24.3 Å². The average Bonchev–Trinajstić information content (AvgIpc) is 3.56. The number of nitrogens with one attached hydrogen (secondary N) is 1. The summed E-state index contributed by atoms with van der Waals surface area (Å²) in [5.74, 6) is -1.81. The number of urea groups is 1. The summed E-state index contributed by atoms with van der Waals surface area (Å²) in [6, 6.07) is 8.85. The molecule has 5 N–H and O–H groups in total. The molecule has 2 aliphatic rings. The summed E-state index contributed by atoms with van der Waals surface area (Å²) >= 11 is 1.69. The number of fused-ring (bicyclic) bond motifs is 1. The van der Waals surface area contributed by atoms with Crippen molar-refractivity contribution in [3.63, 3.8) is 0 Å². The number of ether oxygens (including phenoxy) is 1. The third kappa shape index (κ3) is 8.37. The molecule has 0 aliphatic carbocycles. The zero-order valence-electron chi connectivity index (χ0n) is 22.8. The number of rotatable bonds is 10. The molecule has 220 valence electrons. The fraction of sp³-hybridized carbons (Fsp3) is 0.556. The van der Waals surface area contributed by atoms with Crippen LogP contribution in [0, 0.1) is 0 Å². The highest BCUT2D eigenvalue weighted by Crippen LogP contribution is 2.37. The third-order valence-corrected chi connectivity index (χ3v) is 7.90. The number of nitrogens with zero attached hydrogens (tertiary/aromatic N) is 3. The van der Waals surface area contributed by atoms with Crippen molar-refractivity contribution in [3.05, 3.63) is 29.1 Å². The Morgan fingerprint density at radius 2 is 1.77 bits per heavy atom.